The van der Waals surface area contributed by atoms with Crippen LogP contribution in [0.2, 0.25) is 0 Å². The van der Waals surface area contributed by atoms with Gasteiger partial charge in [-0.2, -0.15) is 0 Å². The van der Waals surface area contributed by atoms with E-state index < -0.39 is 0 Å². The van der Waals surface area contributed by atoms with Crippen molar-refractivity contribution >= 4 is 71.1 Å². The number of hydrogen-bond acceptors (Lipinski definition) is 2. The van der Waals surface area contributed by atoms with Gasteiger partial charge in [0.05, 0.1) is 16.6 Å². The Balaban J connectivity index is 1.25. The summed E-state index contributed by atoms with van der Waals surface area (Å²) in [5.74, 6) is 0. The van der Waals surface area contributed by atoms with E-state index in [1.165, 1.54) is 32.7 Å². The first-order chi connectivity index (χ1) is 21.8. The molecule has 3 nitrogen and oxygen atoms in total. The predicted molar refractivity (Wildman–Crippen MR) is 183 cm³/mol. The topological polar surface area (TPSA) is 30.4 Å². The molecule has 0 unspecified atom stereocenters. The average molecular weight is 561 g/mol. The average Bonchev–Trinajstić information content (AvgIpc) is 3.67. The lowest BCUT2D eigenvalue weighted by Gasteiger charge is -2.14. The van der Waals surface area contributed by atoms with Crippen LogP contribution in [0.5, 0.6) is 0 Å². The van der Waals surface area contributed by atoms with Gasteiger partial charge in [-0.3, -0.25) is 4.40 Å². The van der Waals surface area contributed by atoms with E-state index in [2.05, 4.69) is 138 Å². The molecular weight excluding hydrogens is 536 g/mol. The normalized spacial score (nSPS) is 12.1. The monoisotopic (exact) mass is 560 g/mol. The lowest BCUT2D eigenvalue weighted by molar-refractivity contribution is 0.670. The van der Waals surface area contributed by atoms with Crippen molar-refractivity contribution in [3.8, 4) is 22.3 Å². The summed E-state index contributed by atoms with van der Waals surface area (Å²) in [7, 11) is 0. The second-order valence-corrected chi connectivity index (χ2v) is 11.6. The summed E-state index contributed by atoms with van der Waals surface area (Å²) in [5.41, 5.74) is 10.7. The van der Waals surface area contributed by atoms with Crippen LogP contribution in [0, 0.1) is 0 Å². The third-order valence-corrected chi connectivity index (χ3v) is 9.15. The number of para-hydroxylation sites is 4. The van der Waals surface area contributed by atoms with Crippen LogP contribution in [0.3, 0.4) is 0 Å². The molecule has 7 aromatic carbocycles. The summed E-state index contributed by atoms with van der Waals surface area (Å²) in [5, 5.41) is 8.38. The second-order valence-electron chi connectivity index (χ2n) is 11.6. The molecule has 0 spiro atoms. The van der Waals surface area contributed by atoms with Crippen molar-refractivity contribution < 1.29 is 4.42 Å². The van der Waals surface area contributed by atoms with E-state index in [0.717, 1.165) is 60.6 Å². The SMILES string of the molecule is c1cc(-c2ccc3c(c2)c2c4ccccc4ccc2c2nc4ccccc4n32)cc(-c2cccc3c2oc2ccccc23)c1. The molecule has 0 aliphatic heterocycles. The van der Waals surface area contributed by atoms with Gasteiger partial charge in [0, 0.05) is 32.5 Å². The summed E-state index contributed by atoms with van der Waals surface area (Å²) >= 11 is 0. The summed E-state index contributed by atoms with van der Waals surface area (Å²) in [6, 6.07) is 51.9. The molecule has 0 amide bonds. The minimum absolute atomic E-state index is 0.915. The molecule has 0 aliphatic rings. The Morgan fingerprint density at radius 1 is 0.477 bits per heavy atom. The van der Waals surface area contributed by atoms with Gasteiger partial charge in [-0.25, -0.2) is 4.98 Å². The molecule has 0 radical (unpaired) electrons. The Bertz CT molecular complexity index is 2780. The Morgan fingerprint density at radius 3 is 2.23 bits per heavy atom. The van der Waals surface area contributed by atoms with Crippen LogP contribution in [-0.2, 0) is 0 Å². The zero-order chi connectivity index (χ0) is 28.8. The summed E-state index contributed by atoms with van der Waals surface area (Å²) in [6.45, 7) is 0. The van der Waals surface area contributed by atoms with Crippen molar-refractivity contribution in [1.29, 1.82) is 0 Å². The number of nitrogens with zero attached hydrogens (tertiary/aromatic N) is 2. The number of hydrogen-bond donors (Lipinski definition) is 0. The zero-order valence-electron chi connectivity index (χ0n) is 23.7. The summed E-state index contributed by atoms with van der Waals surface area (Å²) in [6.07, 6.45) is 0. The third-order valence-electron chi connectivity index (χ3n) is 9.15. The highest BCUT2D eigenvalue weighted by molar-refractivity contribution is 6.24. The Labute approximate surface area is 252 Å². The van der Waals surface area contributed by atoms with E-state index >= 15 is 0 Å². The Kier molecular flexibility index (Phi) is 4.72. The van der Waals surface area contributed by atoms with Gasteiger partial charge in [0.15, 0.2) is 0 Å². The number of imidazole rings is 1. The first-order valence-electron chi connectivity index (χ1n) is 15.0. The molecule has 3 heteroatoms. The quantitative estimate of drug-likeness (QED) is 0.197. The van der Waals surface area contributed by atoms with Crippen molar-refractivity contribution in [3.63, 3.8) is 0 Å². The lowest BCUT2D eigenvalue weighted by atomic mass is 9.94. The molecule has 0 bridgehead atoms. The van der Waals surface area contributed by atoms with Gasteiger partial charge in [-0.1, -0.05) is 103 Å². The Morgan fingerprint density at radius 2 is 1.25 bits per heavy atom. The van der Waals surface area contributed by atoms with Gasteiger partial charge in [0.2, 0.25) is 0 Å². The minimum Gasteiger partial charge on any atom is -0.455 e. The maximum Gasteiger partial charge on any atom is 0.146 e. The van der Waals surface area contributed by atoms with Crippen LogP contribution in [0.15, 0.2) is 150 Å². The maximum absolute atomic E-state index is 6.39. The van der Waals surface area contributed by atoms with Crippen molar-refractivity contribution in [2.45, 2.75) is 0 Å². The van der Waals surface area contributed by atoms with Gasteiger partial charge in [-0.15, -0.1) is 0 Å². The van der Waals surface area contributed by atoms with E-state index in [9.17, 15) is 0 Å². The van der Waals surface area contributed by atoms with Crippen LogP contribution in [0.25, 0.3) is 93.3 Å². The smallest absolute Gasteiger partial charge is 0.146 e. The number of pyridine rings is 1. The predicted octanol–water partition coefficient (Wildman–Crippen LogP) is 11.2. The first-order valence-corrected chi connectivity index (χ1v) is 15.0. The molecule has 0 N–H and O–H groups in total. The van der Waals surface area contributed by atoms with Gasteiger partial charge < -0.3 is 4.42 Å². The molecule has 0 atom stereocenters. The number of benzene rings is 7. The van der Waals surface area contributed by atoms with Gasteiger partial charge in [0.1, 0.15) is 16.8 Å². The minimum atomic E-state index is 0.915. The van der Waals surface area contributed by atoms with E-state index in [1.54, 1.807) is 0 Å². The van der Waals surface area contributed by atoms with Gasteiger partial charge in [0.25, 0.3) is 0 Å². The number of aromatic nitrogens is 2. The number of furan rings is 1. The zero-order valence-corrected chi connectivity index (χ0v) is 23.7. The lowest BCUT2D eigenvalue weighted by Crippen LogP contribution is -1.93. The fourth-order valence-corrected chi connectivity index (χ4v) is 7.15. The van der Waals surface area contributed by atoms with Crippen LogP contribution in [-0.4, -0.2) is 9.38 Å². The Hall–Kier alpha value is -5.93. The first kappa shape index (κ1) is 23.6. The van der Waals surface area contributed by atoms with Crippen LogP contribution < -0.4 is 0 Å². The van der Waals surface area contributed by atoms with Crippen LogP contribution in [0.1, 0.15) is 0 Å². The van der Waals surface area contributed by atoms with Crippen molar-refractivity contribution in [2.24, 2.45) is 0 Å². The van der Waals surface area contributed by atoms with Gasteiger partial charge in [-0.05, 0) is 69.9 Å². The maximum atomic E-state index is 6.39. The van der Waals surface area contributed by atoms with Crippen molar-refractivity contribution in [2.75, 3.05) is 0 Å². The molecule has 3 heterocycles. The molecule has 10 aromatic rings. The summed E-state index contributed by atoms with van der Waals surface area (Å²) < 4.78 is 8.71. The second kappa shape index (κ2) is 8.79. The highest BCUT2D eigenvalue weighted by Gasteiger charge is 2.17. The van der Waals surface area contributed by atoms with E-state index in [1.807, 2.05) is 12.1 Å². The molecule has 10 rings (SSSR count). The highest BCUT2D eigenvalue weighted by atomic mass is 16.3. The van der Waals surface area contributed by atoms with E-state index in [-0.39, 0.29) is 0 Å². The molecular formula is C41H24N2O. The van der Waals surface area contributed by atoms with E-state index in [4.69, 9.17) is 9.40 Å². The molecule has 0 saturated carbocycles. The van der Waals surface area contributed by atoms with Crippen molar-refractivity contribution in [1.82, 2.24) is 9.38 Å². The molecule has 3 aromatic heterocycles. The van der Waals surface area contributed by atoms with Crippen molar-refractivity contribution in [3.05, 3.63) is 146 Å². The number of rotatable bonds is 2. The largest absolute Gasteiger partial charge is 0.455 e. The van der Waals surface area contributed by atoms with Gasteiger partial charge >= 0.3 is 0 Å². The van der Waals surface area contributed by atoms with Crippen LogP contribution in [0.4, 0.5) is 0 Å². The summed E-state index contributed by atoms with van der Waals surface area (Å²) in [4.78, 5) is 5.12. The molecule has 0 fully saturated rings. The molecule has 44 heavy (non-hydrogen) atoms. The van der Waals surface area contributed by atoms with Crippen LogP contribution >= 0.6 is 0 Å². The fourth-order valence-electron chi connectivity index (χ4n) is 7.15. The fraction of sp³-hybridized carbons (Fsp3) is 0. The van der Waals surface area contributed by atoms with E-state index in [0.29, 0.717) is 0 Å². The number of fused-ring (bicyclic) bond motifs is 13. The molecule has 204 valence electrons. The molecule has 0 aliphatic carbocycles. The third kappa shape index (κ3) is 3.24. The molecule has 0 saturated heterocycles. The standard InChI is InChI=1S/C41H24N2O/c1-2-12-29-25(9-1)19-21-33-39(29)34-24-27(20-22-36(34)43-37-17-5-4-16-35(37)42-41(33)43)26-10-7-11-28(23-26)30-14-8-15-32-31-13-3-6-18-38(31)44-40(30)32/h1-24H. The highest BCUT2D eigenvalue weighted by Crippen LogP contribution is 2.40.